The van der Waals surface area contributed by atoms with Gasteiger partial charge in [0.25, 0.3) is 0 Å². The Morgan fingerprint density at radius 1 is 1.35 bits per heavy atom. The molecule has 1 aromatic carbocycles. The van der Waals surface area contributed by atoms with E-state index in [2.05, 4.69) is 4.98 Å². The van der Waals surface area contributed by atoms with Crippen molar-refractivity contribution in [2.75, 3.05) is 6.61 Å². The van der Waals surface area contributed by atoms with Crippen LogP contribution in [0.2, 0.25) is 0 Å². The molecule has 2 N–H and O–H groups in total. The molecule has 0 saturated heterocycles. The van der Waals surface area contributed by atoms with E-state index >= 15 is 0 Å². The number of benzene rings is 1. The van der Waals surface area contributed by atoms with Gasteiger partial charge in [-0.15, -0.1) is 0 Å². The van der Waals surface area contributed by atoms with E-state index in [9.17, 15) is 9.90 Å². The fraction of sp³-hybridized carbons (Fsp3) is 0.167. The highest BCUT2D eigenvalue weighted by Crippen LogP contribution is 2.17. The number of carbonyl (C=O) groups is 1. The maximum absolute atomic E-state index is 10.7. The number of rotatable bonds is 4. The third-order valence-electron chi connectivity index (χ3n) is 2.54. The minimum atomic E-state index is -1.08. The minimum absolute atomic E-state index is 0.0284. The monoisotopic (exact) mass is 232 g/mol. The van der Waals surface area contributed by atoms with Gasteiger partial charge in [-0.2, -0.15) is 0 Å². The predicted octanol–water partition coefficient (Wildman–Crippen LogP) is 1.16. The van der Waals surface area contributed by atoms with Crippen LogP contribution in [0.15, 0.2) is 42.9 Å². The molecule has 88 valence electrons. The van der Waals surface area contributed by atoms with Gasteiger partial charge in [-0.25, -0.2) is 9.78 Å². The number of carboxylic acid groups (broad SMARTS) is 1. The molecule has 1 heterocycles. The smallest absolute Gasteiger partial charge is 0.356 e. The summed E-state index contributed by atoms with van der Waals surface area (Å²) in [7, 11) is 0. The van der Waals surface area contributed by atoms with Gasteiger partial charge in [0, 0.05) is 6.20 Å². The maximum Gasteiger partial charge on any atom is 0.356 e. The molecule has 5 heteroatoms. The summed E-state index contributed by atoms with van der Waals surface area (Å²) in [6, 6.07) is 9.06. The Morgan fingerprint density at radius 2 is 2.06 bits per heavy atom. The SMILES string of the molecule is O=C(O)c1cn(C(CO)c2ccccc2)cn1. The Morgan fingerprint density at radius 3 is 2.59 bits per heavy atom. The molecule has 0 spiro atoms. The Bertz CT molecular complexity index is 507. The largest absolute Gasteiger partial charge is 0.476 e. The number of aliphatic hydroxyl groups is 1. The summed E-state index contributed by atoms with van der Waals surface area (Å²) < 4.78 is 1.60. The molecule has 0 aliphatic carbocycles. The molecule has 0 amide bonds. The first-order chi connectivity index (χ1) is 8.22. The van der Waals surface area contributed by atoms with Crippen molar-refractivity contribution in [2.24, 2.45) is 0 Å². The molecule has 0 aliphatic rings. The van der Waals surface area contributed by atoms with Crippen LogP contribution in [-0.4, -0.2) is 32.3 Å². The number of hydrogen-bond acceptors (Lipinski definition) is 3. The lowest BCUT2D eigenvalue weighted by molar-refractivity contribution is 0.0691. The molecule has 0 aliphatic heterocycles. The van der Waals surface area contributed by atoms with E-state index in [0.29, 0.717) is 0 Å². The Balaban J connectivity index is 2.32. The minimum Gasteiger partial charge on any atom is -0.476 e. The fourth-order valence-electron chi connectivity index (χ4n) is 1.66. The first-order valence-electron chi connectivity index (χ1n) is 5.15. The predicted molar refractivity (Wildman–Crippen MR) is 60.9 cm³/mol. The lowest BCUT2D eigenvalue weighted by atomic mass is 10.1. The Hall–Kier alpha value is -2.14. The topological polar surface area (TPSA) is 75.3 Å². The average molecular weight is 232 g/mol. The zero-order valence-corrected chi connectivity index (χ0v) is 9.02. The van der Waals surface area contributed by atoms with Crippen molar-refractivity contribution in [1.82, 2.24) is 9.55 Å². The van der Waals surface area contributed by atoms with E-state index in [1.54, 1.807) is 4.57 Å². The van der Waals surface area contributed by atoms with E-state index in [0.717, 1.165) is 5.56 Å². The van der Waals surface area contributed by atoms with E-state index in [-0.39, 0.29) is 18.3 Å². The van der Waals surface area contributed by atoms with Gasteiger partial charge >= 0.3 is 5.97 Å². The summed E-state index contributed by atoms with van der Waals surface area (Å²) in [4.78, 5) is 14.5. The van der Waals surface area contributed by atoms with Crippen molar-refractivity contribution in [3.8, 4) is 0 Å². The van der Waals surface area contributed by atoms with Crippen LogP contribution in [0.5, 0.6) is 0 Å². The van der Waals surface area contributed by atoms with Gasteiger partial charge in [0.2, 0.25) is 0 Å². The maximum atomic E-state index is 10.7. The van der Waals surface area contributed by atoms with Crippen molar-refractivity contribution in [2.45, 2.75) is 6.04 Å². The second-order valence-corrected chi connectivity index (χ2v) is 3.62. The summed E-state index contributed by atoms with van der Waals surface area (Å²) in [6.45, 7) is -0.112. The molecule has 1 atom stereocenters. The number of imidazole rings is 1. The zero-order chi connectivity index (χ0) is 12.3. The van der Waals surface area contributed by atoms with E-state index < -0.39 is 5.97 Å². The highest BCUT2D eigenvalue weighted by molar-refractivity contribution is 5.84. The molecular formula is C12H12N2O3. The van der Waals surface area contributed by atoms with Crippen molar-refractivity contribution < 1.29 is 15.0 Å². The molecule has 0 fully saturated rings. The third kappa shape index (κ3) is 2.34. The first-order valence-corrected chi connectivity index (χ1v) is 5.15. The number of hydrogen-bond donors (Lipinski definition) is 2. The second-order valence-electron chi connectivity index (χ2n) is 3.62. The van der Waals surface area contributed by atoms with Crippen molar-refractivity contribution in [3.63, 3.8) is 0 Å². The van der Waals surface area contributed by atoms with Gasteiger partial charge in [0.1, 0.15) is 0 Å². The molecule has 5 nitrogen and oxygen atoms in total. The van der Waals surface area contributed by atoms with Crippen molar-refractivity contribution in [1.29, 1.82) is 0 Å². The number of aromatic carboxylic acids is 1. The fourth-order valence-corrected chi connectivity index (χ4v) is 1.66. The van der Waals surface area contributed by atoms with Crippen LogP contribution < -0.4 is 0 Å². The third-order valence-corrected chi connectivity index (χ3v) is 2.54. The molecule has 0 bridgehead atoms. The molecule has 2 rings (SSSR count). The average Bonchev–Trinajstić information content (AvgIpc) is 2.81. The summed E-state index contributed by atoms with van der Waals surface area (Å²) in [6.07, 6.45) is 2.83. The first kappa shape index (κ1) is 11.3. The highest BCUT2D eigenvalue weighted by Gasteiger charge is 2.14. The normalized spacial score (nSPS) is 12.3. The quantitative estimate of drug-likeness (QED) is 0.829. The van der Waals surface area contributed by atoms with Gasteiger partial charge in [-0.1, -0.05) is 30.3 Å². The van der Waals surface area contributed by atoms with Gasteiger partial charge in [0.05, 0.1) is 19.0 Å². The van der Waals surface area contributed by atoms with Crippen LogP contribution in [0.4, 0.5) is 0 Å². The Labute approximate surface area is 98.0 Å². The van der Waals surface area contributed by atoms with E-state index in [1.807, 2.05) is 30.3 Å². The standard InChI is InChI=1S/C12H12N2O3/c15-7-11(9-4-2-1-3-5-9)14-6-10(12(16)17)13-8-14/h1-6,8,11,15H,7H2,(H,16,17). The van der Waals surface area contributed by atoms with Crippen LogP contribution in [0.3, 0.4) is 0 Å². The van der Waals surface area contributed by atoms with Crippen molar-refractivity contribution in [3.05, 3.63) is 54.1 Å². The summed E-state index contributed by atoms with van der Waals surface area (Å²) in [5.41, 5.74) is 0.878. The number of aromatic nitrogens is 2. The Kier molecular flexibility index (Phi) is 3.20. The number of nitrogens with zero attached hydrogens (tertiary/aromatic N) is 2. The summed E-state index contributed by atoms with van der Waals surface area (Å²) in [5, 5.41) is 18.2. The molecule has 17 heavy (non-hydrogen) atoms. The van der Waals surface area contributed by atoms with Crippen LogP contribution >= 0.6 is 0 Å². The van der Waals surface area contributed by atoms with Crippen LogP contribution in [0.25, 0.3) is 0 Å². The zero-order valence-electron chi connectivity index (χ0n) is 9.02. The molecule has 2 aromatic rings. The van der Waals surface area contributed by atoms with Crippen LogP contribution in [0, 0.1) is 0 Å². The molecule has 0 radical (unpaired) electrons. The summed E-state index contributed by atoms with van der Waals surface area (Å²) >= 11 is 0. The van der Waals surface area contributed by atoms with Gasteiger partial charge in [0.15, 0.2) is 5.69 Å². The van der Waals surface area contributed by atoms with E-state index in [1.165, 1.54) is 12.5 Å². The number of aliphatic hydroxyl groups excluding tert-OH is 1. The molecule has 0 saturated carbocycles. The second kappa shape index (κ2) is 4.80. The number of carboxylic acids is 1. The van der Waals surface area contributed by atoms with Crippen LogP contribution in [0.1, 0.15) is 22.1 Å². The van der Waals surface area contributed by atoms with Crippen molar-refractivity contribution >= 4 is 5.97 Å². The van der Waals surface area contributed by atoms with Gasteiger partial charge in [-0.3, -0.25) is 0 Å². The van der Waals surface area contributed by atoms with Crippen LogP contribution in [-0.2, 0) is 0 Å². The molecular weight excluding hydrogens is 220 g/mol. The molecule has 1 aromatic heterocycles. The summed E-state index contributed by atoms with van der Waals surface area (Å²) in [5.74, 6) is -1.08. The lowest BCUT2D eigenvalue weighted by Gasteiger charge is -2.15. The van der Waals surface area contributed by atoms with E-state index in [4.69, 9.17) is 5.11 Å². The highest BCUT2D eigenvalue weighted by atomic mass is 16.4. The molecule has 1 unspecified atom stereocenters. The van der Waals surface area contributed by atoms with Gasteiger partial charge < -0.3 is 14.8 Å². The van der Waals surface area contributed by atoms with Gasteiger partial charge in [-0.05, 0) is 5.56 Å². The lowest BCUT2D eigenvalue weighted by Crippen LogP contribution is -2.13.